The minimum absolute atomic E-state index is 0.0841. The van der Waals surface area contributed by atoms with E-state index in [1.165, 1.54) is 11.1 Å². The summed E-state index contributed by atoms with van der Waals surface area (Å²) >= 11 is 0. The van der Waals surface area contributed by atoms with Crippen LogP contribution in [0.25, 0.3) is 10.9 Å². The van der Waals surface area contributed by atoms with Gasteiger partial charge < -0.3 is 14.4 Å². The first-order valence-corrected chi connectivity index (χ1v) is 10.9. The van der Waals surface area contributed by atoms with Gasteiger partial charge in [0.2, 0.25) is 0 Å². The highest BCUT2D eigenvalue weighted by atomic mass is 16.5. The summed E-state index contributed by atoms with van der Waals surface area (Å²) in [4.78, 5) is 10.7. The molecule has 32 heavy (non-hydrogen) atoms. The van der Waals surface area contributed by atoms with E-state index < -0.39 is 5.97 Å². The third kappa shape index (κ3) is 6.56. The maximum absolute atomic E-state index is 10.7. The molecule has 1 heterocycles. The van der Waals surface area contributed by atoms with E-state index in [2.05, 4.69) is 66.1 Å². The lowest BCUT2D eigenvalue weighted by Crippen LogP contribution is -2.09. The zero-order chi connectivity index (χ0) is 22.9. The average Bonchev–Trinajstić information content (AvgIpc) is 2.93. The number of carbonyl (C=O) groups is 1. The highest BCUT2D eigenvalue weighted by Gasteiger charge is 2.09. The zero-order valence-corrected chi connectivity index (χ0v) is 19.0. The fourth-order valence-corrected chi connectivity index (χ4v) is 3.62. The van der Waals surface area contributed by atoms with Crippen LogP contribution in [-0.4, -0.2) is 28.4 Å². The van der Waals surface area contributed by atoms with E-state index >= 15 is 0 Å². The van der Waals surface area contributed by atoms with E-state index in [0.29, 0.717) is 0 Å². The summed E-state index contributed by atoms with van der Waals surface area (Å²) < 4.78 is 7.88. The number of ether oxygens (including phenoxy) is 1. The summed E-state index contributed by atoms with van der Waals surface area (Å²) in [5, 5.41) is 9.84. The van der Waals surface area contributed by atoms with Crippen LogP contribution in [0.5, 0.6) is 0 Å². The second-order valence-corrected chi connectivity index (χ2v) is 7.99. The number of aliphatic carboxylic acids is 1. The van der Waals surface area contributed by atoms with Crippen molar-refractivity contribution in [3.05, 3.63) is 107 Å². The molecule has 1 aliphatic carbocycles. The standard InChI is InChI=1S/C16H18O.C12H13NO2/c1-14-6-5-9-16(11-10-14)17-13-12-15-7-3-2-4-8-15;1-8-6-10-9(7-12(14)15)4-3-5-11(10)13(8)2/h2-11,16H,12-13H2,1H3;3-6H,7H2,1-2H3,(H,14,15). The van der Waals surface area contributed by atoms with Crippen LogP contribution >= 0.6 is 0 Å². The van der Waals surface area contributed by atoms with E-state index in [4.69, 9.17) is 9.84 Å². The molecule has 4 heteroatoms. The van der Waals surface area contributed by atoms with Crippen molar-refractivity contribution in [3.8, 4) is 0 Å². The molecular formula is C28H31NO3. The Hall–Kier alpha value is -3.37. The zero-order valence-electron chi connectivity index (χ0n) is 19.0. The summed E-state index contributed by atoms with van der Waals surface area (Å²) in [6, 6.07) is 18.2. The van der Waals surface area contributed by atoms with Gasteiger partial charge in [-0.3, -0.25) is 4.79 Å². The SMILES string of the molecule is CC1=CC=CC(OCCc2ccccc2)C=C1.Cc1cc2c(CC(=O)O)cccc2n1C. The third-order valence-corrected chi connectivity index (χ3v) is 5.51. The molecule has 4 nitrogen and oxygen atoms in total. The number of aryl methyl sites for hydroxylation is 2. The van der Waals surface area contributed by atoms with Crippen LogP contribution in [0, 0.1) is 6.92 Å². The number of benzene rings is 2. The van der Waals surface area contributed by atoms with E-state index in [1.54, 1.807) is 0 Å². The molecule has 0 radical (unpaired) electrons. The lowest BCUT2D eigenvalue weighted by Gasteiger charge is -2.09. The van der Waals surface area contributed by atoms with Crippen LogP contribution in [-0.2, 0) is 29.4 Å². The molecule has 4 rings (SSSR count). The molecule has 0 amide bonds. The van der Waals surface area contributed by atoms with Gasteiger partial charge in [-0.05, 0) is 43.5 Å². The molecule has 1 aromatic heterocycles. The summed E-state index contributed by atoms with van der Waals surface area (Å²) in [6.07, 6.45) is 11.6. The van der Waals surface area contributed by atoms with Crippen molar-refractivity contribution in [2.45, 2.75) is 32.8 Å². The molecule has 1 N–H and O–H groups in total. The quantitative estimate of drug-likeness (QED) is 0.539. The first-order valence-electron chi connectivity index (χ1n) is 10.9. The summed E-state index contributed by atoms with van der Waals surface area (Å²) in [7, 11) is 1.99. The van der Waals surface area contributed by atoms with Crippen molar-refractivity contribution >= 4 is 16.9 Å². The molecule has 2 aromatic carbocycles. The predicted molar refractivity (Wildman–Crippen MR) is 131 cm³/mol. The summed E-state index contributed by atoms with van der Waals surface area (Å²) in [5.74, 6) is -0.788. The number of rotatable bonds is 6. The molecule has 0 spiro atoms. The molecule has 0 saturated carbocycles. The number of aromatic nitrogens is 1. The lowest BCUT2D eigenvalue weighted by molar-refractivity contribution is -0.136. The van der Waals surface area contributed by atoms with Crippen LogP contribution < -0.4 is 0 Å². The smallest absolute Gasteiger partial charge is 0.307 e. The van der Waals surface area contributed by atoms with Gasteiger partial charge in [0.25, 0.3) is 0 Å². The van der Waals surface area contributed by atoms with E-state index in [9.17, 15) is 4.79 Å². The molecular weight excluding hydrogens is 398 g/mol. The Morgan fingerprint density at radius 3 is 2.59 bits per heavy atom. The van der Waals surface area contributed by atoms with Gasteiger partial charge in [-0.15, -0.1) is 0 Å². The number of carboxylic acid groups (broad SMARTS) is 1. The van der Waals surface area contributed by atoms with Crippen molar-refractivity contribution < 1.29 is 14.6 Å². The third-order valence-electron chi connectivity index (χ3n) is 5.51. The molecule has 1 atom stereocenters. The number of carboxylic acids is 1. The van der Waals surface area contributed by atoms with Crippen molar-refractivity contribution in [1.29, 1.82) is 0 Å². The number of hydrogen-bond acceptors (Lipinski definition) is 2. The van der Waals surface area contributed by atoms with Crippen molar-refractivity contribution in [1.82, 2.24) is 4.57 Å². The predicted octanol–water partition coefficient (Wildman–Crippen LogP) is 5.80. The van der Waals surface area contributed by atoms with Gasteiger partial charge in [0.1, 0.15) is 0 Å². The maximum atomic E-state index is 10.7. The molecule has 0 fully saturated rings. The van der Waals surface area contributed by atoms with Gasteiger partial charge in [0.15, 0.2) is 0 Å². The molecule has 0 bridgehead atoms. The Morgan fingerprint density at radius 2 is 1.84 bits per heavy atom. The van der Waals surface area contributed by atoms with Crippen molar-refractivity contribution in [2.75, 3.05) is 6.61 Å². The number of allylic oxidation sites excluding steroid dienone is 4. The number of fused-ring (bicyclic) bond motifs is 1. The van der Waals surface area contributed by atoms with Crippen LogP contribution in [0.3, 0.4) is 0 Å². The van der Waals surface area contributed by atoms with E-state index in [-0.39, 0.29) is 12.5 Å². The van der Waals surface area contributed by atoms with E-state index in [0.717, 1.165) is 35.2 Å². The second kappa shape index (κ2) is 11.3. The Bertz CT molecular complexity index is 1140. The van der Waals surface area contributed by atoms with Gasteiger partial charge >= 0.3 is 5.97 Å². The normalized spacial score (nSPS) is 15.1. The highest BCUT2D eigenvalue weighted by Crippen LogP contribution is 2.22. The fraction of sp³-hybridized carbons (Fsp3) is 0.250. The first-order chi connectivity index (χ1) is 15.4. The lowest BCUT2D eigenvalue weighted by atomic mass is 10.1. The fourth-order valence-electron chi connectivity index (χ4n) is 3.62. The van der Waals surface area contributed by atoms with Crippen LogP contribution in [0.1, 0.15) is 23.7 Å². The highest BCUT2D eigenvalue weighted by molar-refractivity contribution is 5.88. The topological polar surface area (TPSA) is 51.5 Å². The number of nitrogens with zero attached hydrogens (tertiary/aromatic N) is 1. The van der Waals surface area contributed by atoms with Gasteiger partial charge in [-0.25, -0.2) is 0 Å². The van der Waals surface area contributed by atoms with Gasteiger partial charge in [0.05, 0.1) is 19.1 Å². The average molecular weight is 430 g/mol. The Morgan fingerprint density at radius 1 is 1.06 bits per heavy atom. The maximum Gasteiger partial charge on any atom is 0.307 e. The van der Waals surface area contributed by atoms with Crippen LogP contribution in [0.2, 0.25) is 0 Å². The molecule has 166 valence electrons. The Labute approximate surface area is 190 Å². The van der Waals surface area contributed by atoms with Crippen molar-refractivity contribution in [3.63, 3.8) is 0 Å². The molecule has 3 aromatic rings. The molecule has 0 aliphatic heterocycles. The number of hydrogen-bond donors (Lipinski definition) is 1. The van der Waals surface area contributed by atoms with Crippen molar-refractivity contribution in [2.24, 2.45) is 7.05 Å². The van der Waals surface area contributed by atoms with Gasteiger partial charge in [-0.1, -0.05) is 78.4 Å². The molecule has 1 aliphatic rings. The largest absolute Gasteiger partial charge is 0.481 e. The molecule has 0 saturated heterocycles. The monoisotopic (exact) mass is 429 g/mol. The van der Waals surface area contributed by atoms with Gasteiger partial charge in [0, 0.05) is 23.6 Å². The van der Waals surface area contributed by atoms with E-state index in [1.807, 2.05) is 44.3 Å². The van der Waals surface area contributed by atoms with Crippen LogP contribution in [0.15, 0.2) is 90.6 Å². The van der Waals surface area contributed by atoms with Crippen LogP contribution in [0.4, 0.5) is 0 Å². The minimum Gasteiger partial charge on any atom is -0.481 e. The minimum atomic E-state index is -0.788. The second-order valence-electron chi connectivity index (χ2n) is 7.99. The van der Waals surface area contributed by atoms with Gasteiger partial charge in [-0.2, -0.15) is 0 Å². The Balaban J connectivity index is 0.000000182. The first kappa shape index (κ1) is 23.3. The summed E-state index contributed by atoms with van der Waals surface area (Å²) in [6.45, 7) is 4.86. The molecule has 1 unspecified atom stereocenters. The Kier molecular flexibility index (Phi) is 8.23. The summed E-state index contributed by atoms with van der Waals surface area (Å²) in [5.41, 5.74) is 5.69.